The summed E-state index contributed by atoms with van der Waals surface area (Å²) in [6.45, 7) is 3.66. The summed E-state index contributed by atoms with van der Waals surface area (Å²) >= 11 is 0. The van der Waals surface area contributed by atoms with Crippen LogP contribution in [0.3, 0.4) is 0 Å². The number of hydrogen-bond acceptors (Lipinski definition) is 2. The van der Waals surface area contributed by atoms with Gasteiger partial charge in [0, 0.05) is 13.1 Å². The molecule has 0 unspecified atom stereocenters. The van der Waals surface area contributed by atoms with Gasteiger partial charge in [-0.2, -0.15) is 0 Å². The molecule has 3 nitrogen and oxygen atoms in total. The highest BCUT2D eigenvalue weighted by Gasteiger charge is 2.24. The Morgan fingerprint density at radius 2 is 2.40 bits per heavy atom. The van der Waals surface area contributed by atoms with Crippen LogP contribution in [0.5, 0.6) is 0 Å². The van der Waals surface area contributed by atoms with Crippen molar-refractivity contribution in [3.05, 3.63) is 24.2 Å². The molecule has 1 amide bonds. The van der Waals surface area contributed by atoms with Gasteiger partial charge in [-0.1, -0.05) is 6.42 Å². The Bertz CT molecular complexity index is 314. The second-order valence-corrected chi connectivity index (χ2v) is 4.12. The van der Waals surface area contributed by atoms with E-state index in [9.17, 15) is 4.79 Å². The first-order valence-corrected chi connectivity index (χ1v) is 5.64. The van der Waals surface area contributed by atoms with Crippen molar-refractivity contribution in [2.45, 2.75) is 26.2 Å². The summed E-state index contributed by atoms with van der Waals surface area (Å²) in [7, 11) is 0. The van der Waals surface area contributed by atoms with Crippen LogP contribution in [-0.4, -0.2) is 23.9 Å². The number of hydrogen-bond donors (Lipinski definition) is 0. The quantitative estimate of drug-likeness (QED) is 0.760. The monoisotopic (exact) mass is 207 g/mol. The number of amides is 1. The summed E-state index contributed by atoms with van der Waals surface area (Å²) in [5, 5.41) is 0. The standard InChI is InChI=1S/C12H17NO2/c1-2-13(9-10-5-3-6-10)12(14)11-7-4-8-15-11/h4,7-8,10H,2-3,5-6,9H2,1H3. The molecule has 0 atom stereocenters. The molecule has 3 heteroatoms. The maximum atomic E-state index is 11.9. The van der Waals surface area contributed by atoms with E-state index in [2.05, 4.69) is 0 Å². The summed E-state index contributed by atoms with van der Waals surface area (Å²) in [6, 6.07) is 3.48. The molecule has 0 N–H and O–H groups in total. The normalized spacial score (nSPS) is 16.1. The first-order valence-electron chi connectivity index (χ1n) is 5.64. The van der Waals surface area contributed by atoms with E-state index in [1.165, 1.54) is 19.3 Å². The Hall–Kier alpha value is -1.25. The van der Waals surface area contributed by atoms with Gasteiger partial charge in [0.15, 0.2) is 5.76 Å². The van der Waals surface area contributed by atoms with Crippen molar-refractivity contribution in [1.82, 2.24) is 4.90 Å². The third-order valence-electron chi connectivity index (χ3n) is 3.10. The molecule has 1 fully saturated rings. The van der Waals surface area contributed by atoms with Crippen LogP contribution in [0.25, 0.3) is 0 Å². The van der Waals surface area contributed by atoms with E-state index in [-0.39, 0.29) is 5.91 Å². The molecule has 15 heavy (non-hydrogen) atoms. The predicted octanol–water partition coefficient (Wildman–Crippen LogP) is 2.54. The molecular weight excluding hydrogens is 190 g/mol. The zero-order chi connectivity index (χ0) is 10.7. The molecule has 0 bridgehead atoms. The van der Waals surface area contributed by atoms with Gasteiger partial charge in [0.25, 0.3) is 5.91 Å². The summed E-state index contributed by atoms with van der Waals surface area (Å²) < 4.78 is 5.12. The fourth-order valence-corrected chi connectivity index (χ4v) is 1.90. The van der Waals surface area contributed by atoms with Gasteiger partial charge in [-0.05, 0) is 37.8 Å². The van der Waals surface area contributed by atoms with Crippen molar-refractivity contribution in [2.24, 2.45) is 5.92 Å². The Kier molecular flexibility index (Phi) is 3.09. The average Bonchev–Trinajstić information content (AvgIpc) is 2.68. The minimum absolute atomic E-state index is 0.0226. The van der Waals surface area contributed by atoms with Crippen molar-refractivity contribution in [1.29, 1.82) is 0 Å². The molecule has 0 saturated heterocycles. The molecule has 0 aliphatic heterocycles. The smallest absolute Gasteiger partial charge is 0.289 e. The summed E-state index contributed by atoms with van der Waals surface area (Å²) in [6.07, 6.45) is 5.39. The number of rotatable bonds is 4. The van der Waals surface area contributed by atoms with Crippen molar-refractivity contribution in [3.8, 4) is 0 Å². The van der Waals surface area contributed by atoms with Crippen molar-refractivity contribution in [3.63, 3.8) is 0 Å². The van der Waals surface area contributed by atoms with Gasteiger partial charge < -0.3 is 9.32 Å². The van der Waals surface area contributed by atoms with Crippen molar-refractivity contribution in [2.75, 3.05) is 13.1 Å². The minimum atomic E-state index is 0.0226. The first kappa shape index (κ1) is 10.3. The van der Waals surface area contributed by atoms with Gasteiger partial charge in [0.2, 0.25) is 0 Å². The molecule has 1 saturated carbocycles. The molecule has 82 valence electrons. The fraction of sp³-hybridized carbons (Fsp3) is 0.583. The Labute approximate surface area is 90.1 Å². The van der Waals surface area contributed by atoms with E-state index in [0.29, 0.717) is 11.7 Å². The zero-order valence-electron chi connectivity index (χ0n) is 9.11. The third kappa shape index (κ3) is 2.22. The highest BCUT2D eigenvalue weighted by molar-refractivity contribution is 5.91. The topological polar surface area (TPSA) is 33.5 Å². The van der Waals surface area contributed by atoms with Crippen LogP contribution in [0.15, 0.2) is 22.8 Å². The van der Waals surface area contributed by atoms with Crippen LogP contribution in [0.2, 0.25) is 0 Å². The molecule has 0 radical (unpaired) electrons. The maximum absolute atomic E-state index is 11.9. The van der Waals surface area contributed by atoms with Gasteiger partial charge in [-0.25, -0.2) is 0 Å². The Balaban J connectivity index is 1.96. The summed E-state index contributed by atoms with van der Waals surface area (Å²) in [5.41, 5.74) is 0. The first-order chi connectivity index (χ1) is 7.31. The highest BCUT2D eigenvalue weighted by Crippen LogP contribution is 2.27. The minimum Gasteiger partial charge on any atom is -0.459 e. The van der Waals surface area contributed by atoms with Gasteiger partial charge in [0.05, 0.1) is 6.26 Å². The van der Waals surface area contributed by atoms with Gasteiger partial charge in [0.1, 0.15) is 0 Å². The molecule has 1 aliphatic carbocycles. The number of furan rings is 1. The van der Waals surface area contributed by atoms with Crippen LogP contribution in [-0.2, 0) is 0 Å². The third-order valence-corrected chi connectivity index (χ3v) is 3.10. The largest absolute Gasteiger partial charge is 0.459 e. The highest BCUT2D eigenvalue weighted by atomic mass is 16.3. The second kappa shape index (κ2) is 4.51. The zero-order valence-corrected chi connectivity index (χ0v) is 9.11. The van der Waals surface area contributed by atoms with E-state index in [0.717, 1.165) is 13.1 Å². The SMILES string of the molecule is CCN(CC1CCC1)C(=O)c1ccco1. The van der Waals surface area contributed by atoms with Crippen LogP contribution in [0, 0.1) is 5.92 Å². The fourth-order valence-electron chi connectivity index (χ4n) is 1.90. The molecular formula is C12H17NO2. The Morgan fingerprint density at radius 1 is 1.60 bits per heavy atom. The average molecular weight is 207 g/mol. The van der Waals surface area contributed by atoms with E-state index in [4.69, 9.17) is 4.42 Å². The lowest BCUT2D eigenvalue weighted by atomic mass is 9.85. The van der Waals surface area contributed by atoms with Gasteiger partial charge >= 0.3 is 0 Å². The van der Waals surface area contributed by atoms with Crippen LogP contribution >= 0.6 is 0 Å². The van der Waals surface area contributed by atoms with Crippen LogP contribution in [0.4, 0.5) is 0 Å². The van der Waals surface area contributed by atoms with Crippen LogP contribution < -0.4 is 0 Å². The Morgan fingerprint density at radius 3 is 2.87 bits per heavy atom. The molecule has 0 spiro atoms. The van der Waals surface area contributed by atoms with Crippen LogP contribution in [0.1, 0.15) is 36.7 Å². The summed E-state index contributed by atoms with van der Waals surface area (Å²) in [5.74, 6) is 1.19. The maximum Gasteiger partial charge on any atom is 0.289 e. The summed E-state index contributed by atoms with van der Waals surface area (Å²) in [4.78, 5) is 13.8. The van der Waals surface area contributed by atoms with E-state index < -0.39 is 0 Å². The number of carbonyl (C=O) groups excluding carboxylic acids is 1. The molecule has 0 aromatic carbocycles. The molecule has 1 aromatic heterocycles. The molecule has 1 aliphatic rings. The lowest BCUT2D eigenvalue weighted by Gasteiger charge is -2.31. The van der Waals surface area contributed by atoms with Gasteiger partial charge in [-0.3, -0.25) is 4.79 Å². The van der Waals surface area contributed by atoms with Crippen molar-refractivity contribution >= 4 is 5.91 Å². The number of nitrogens with zero attached hydrogens (tertiary/aromatic N) is 1. The second-order valence-electron chi connectivity index (χ2n) is 4.12. The molecule has 1 aromatic rings. The molecule has 1 heterocycles. The van der Waals surface area contributed by atoms with E-state index in [1.807, 2.05) is 11.8 Å². The molecule has 2 rings (SSSR count). The van der Waals surface area contributed by atoms with E-state index in [1.54, 1.807) is 18.4 Å². The lowest BCUT2D eigenvalue weighted by Crippen LogP contribution is -2.37. The van der Waals surface area contributed by atoms with E-state index >= 15 is 0 Å². The lowest BCUT2D eigenvalue weighted by molar-refractivity contribution is 0.0674. The predicted molar refractivity (Wildman–Crippen MR) is 57.6 cm³/mol. The van der Waals surface area contributed by atoms with Gasteiger partial charge in [-0.15, -0.1) is 0 Å². The van der Waals surface area contributed by atoms with Crippen molar-refractivity contribution < 1.29 is 9.21 Å². The number of carbonyl (C=O) groups is 1.